The zero-order chi connectivity index (χ0) is 18.5. The van der Waals surface area contributed by atoms with E-state index in [9.17, 15) is 4.79 Å². The Hall–Kier alpha value is -2.30. The van der Waals surface area contributed by atoms with E-state index in [0.717, 1.165) is 43.0 Å². The number of halogens is 1. The van der Waals surface area contributed by atoms with Crippen LogP contribution >= 0.6 is 15.9 Å². The van der Waals surface area contributed by atoms with Crippen molar-refractivity contribution in [3.63, 3.8) is 0 Å². The van der Waals surface area contributed by atoms with Crippen molar-refractivity contribution < 1.29 is 6.22 Å². The predicted octanol–water partition coefficient (Wildman–Crippen LogP) is 3.06. The number of hydrogen-bond donors (Lipinski definition) is 0. The Morgan fingerprint density at radius 3 is 2.85 bits per heavy atom. The fourth-order valence-corrected chi connectivity index (χ4v) is 3.34. The average molecular weight is 416 g/mol. The molecule has 0 atom stereocenters. The lowest BCUT2D eigenvalue weighted by Gasteiger charge is -2.35. The van der Waals surface area contributed by atoms with Crippen LogP contribution in [0.2, 0.25) is 0 Å². The fourth-order valence-electron chi connectivity index (χ4n) is 3.01. The number of aromatic nitrogens is 2. The number of anilines is 1. The molecular weight excluding hydrogens is 394 g/mol. The van der Waals surface area contributed by atoms with Crippen LogP contribution in [0.15, 0.2) is 34.9 Å². The Morgan fingerprint density at radius 2 is 2.12 bits per heavy atom. The van der Waals surface area contributed by atoms with Crippen molar-refractivity contribution in [1.29, 1.82) is 5.26 Å². The van der Waals surface area contributed by atoms with Gasteiger partial charge >= 0.3 is 0 Å². The van der Waals surface area contributed by atoms with Crippen LogP contribution < -0.4 is 4.90 Å². The minimum absolute atomic E-state index is 0. The van der Waals surface area contributed by atoms with Crippen molar-refractivity contribution in [2.75, 3.05) is 37.6 Å². The van der Waals surface area contributed by atoms with Crippen molar-refractivity contribution in [3.05, 3.63) is 51.9 Å². The summed E-state index contributed by atoms with van der Waals surface area (Å²) in [5.41, 5.74) is 1.68. The first-order chi connectivity index (χ1) is 12.6. The third-order valence-electron chi connectivity index (χ3n) is 4.50. The van der Waals surface area contributed by atoms with E-state index >= 15 is 0 Å². The number of carbonyl (C=O) groups excluding carboxylic acids is 1. The van der Waals surface area contributed by atoms with Crippen molar-refractivity contribution >= 4 is 27.5 Å². The quantitative estimate of drug-likeness (QED) is 0.698. The smallest absolute Gasteiger partial charge is 0.213 e. The molecule has 1 aliphatic rings. The molecule has 0 spiro atoms. The summed E-state index contributed by atoms with van der Waals surface area (Å²) in [7, 11) is 0. The van der Waals surface area contributed by atoms with E-state index in [1.165, 1.54) is 0 Å². The van der Waals surface area contributed by atoms with Crippen LogP contribution in [0.3, 0.4) is 0 Å². The number of piperazine rings is 1. The van der Waals surface area contributed by atoms with Gasteiger partial charge in [-0.3, -0.25) is 14.7 Å². The summed E-state index contributed by atoms with van der Waals surface area (Å²) in [6, 6.07) is 9.53. The summed E-state index contributed by atoms with van der Waals surface area (Å²) in [5, 5.41) is 8.70. The van der Waals surface area contributed by atoms with E-state index in [4.69, 9.17) is 5.26 Å². The average Bonchev–Trinajstić information content (AvgIpc) is 2.68. The molecule has 0 N–H and O–H groups in total. The lowest BCUT2D eigenvalue weighted by atomic mass is 10.1. The van der Waals surface area contributed by atoms with Crippen molar-refractivity contribution in [2.45, 2.75) is 13.3 Å². The molecule has 3 heterocycles. The van der Waals surface area contributed by atoms with Crippen molar-refractivity contribution in [1.82, 2.24) is 14.9 Å². The van der Waals surface area contributed by atoms with Gasteiger partial charge < -0.3 is 4.90 Å². The molecule has 136 valence electrons. The second-order valence-electron chi connectivity index (χ2n) is 6.23. The van der Waals surface area contributed by atoms with Crippen molar-refractivity contribution in [2.24, 2.45) is 0 Å². The monoisotopic (exact) mass is 415 g/mol. The minimum Gasteiger partial charge on any atom is -0.354 e. The molecule has 2 aromatic rings. The van der Waals surface area contributed by atoms with Gasteiger partial charge in [-0.25, -0.2) is 4.98 Å². The molecule has 1 saturated heterocycles. The zero-order valence-electron chi connectivity index (χ0n) is 14.7. The molecule has 0 aliphatic carbocycles. The molecular formula is C19H22BrN5O. The maximum Gasteiger partial charge on any atom is 0.213 e. The summed E-state index contributed by atoms with van der Waals surface area (Å²) in [6.45, 7) is 6.11. The highest BCUT2D eigenvalue weighted by molar-refractivity contribution is 9.10. The van der Waals surface area contributed by atoms with Gasteiger partial charge in [-0.15, -0.1) is 0 Å². The summed E-state index contributed by atoms with van der Waals surface area (Å²) >= 11 is 3.37. The first-order valence-electron chi connectivity index (χ1n) is 8.56. The number of ketones is 1. The van der Waals surface area contributed by atoms with E-state index in [-0.39, 0.29) is 7.21 Å². The predicted molar refractivity (Wildman–Crippen MR) is 105 cm³/mol. The molecule has 0 bridgehead atoms. The highest BCUT2D eigenvalue weighted by atomic mass is 79.9. The molecule has 0 radical (unpaired) electrons. The topological polar surface area (TPSA) is 73.1 Å². The SMILES string of the molecule is Cc1ncc(Br)cc1C(=O)c1cccc(N2CCN(CCC#N)CC2)n1.[HH]. The summed E-state index contributed by atoms with van der Waals surface area (Å²) in [6.07, 6.45) is 2.24. The number of nitrogens with zero attached hydrogens (tertiary/aromatic N) is 5. The Labute approximate surface area is 163 Å². The molecule has 0 aromatic carbocycles. The number of aryl methyl sites for hydroxylation is 1. The first kappa shape index (κ1) is 18.5. The Bertz CT molecular complexity index is 846. The summed E-state index contributed by atoms with van der Waals surface area (Å²) < 4.78 is 0.774. The molecule has 0 amide bonds. The molecule has 1 aliphatic heterocycles. The van der Waals surface area contributed by atoms with E-state index in [1.54, 1.807) is 18.3 Å². The van der Waals surface area contributed by atoms with Gasteiger partial charge in [0.2, 0.25) is 5.78 Å². The second-order valence-corrected chi connectivity index (χ2v) is 7.15. The lowest BCUT2D eigenvalue weighted by Crippen LogP contribution is -2.46. The number of hydrogen-bond acceptors (Lipinski definition) is 6. The van der Waals surface area contributed by atoms with Crippen LogP contribution in [0.25, 0.3) is 0 Å². The minimum atomic E-state index is -0.120. The van der Waals surface area contributed by atoms with Gasteiger partial charge in [0.25, 0.3) is 0 Å². The molecule has 7 heteroatoms. The first-order valence-corrected chi connectivity index (χ1v) is 9.36. The Kier molecular flexibility index (Phi) is 5.96. The maximum absolute atomic E-state index is 12.8. The van der Waals surface area contributed by atoms with Crippen LogP contribution in [0.1, 0.15) is 29.6 Å². The zero-order valence-corrected chi connectivity index (χ0v) is 16.2. The highest BCUT2D eigenvalue weighted by Crippen LogP contribution is 2.19. The molecule has 3 rings (SSSR count). The number of carbonyl (C=O) groups is 1. The Balaban J connectivity index is 0.00000261. The maximum atomic E-state index is 12.8. The lowest BCUT2D eigenvalue weighted by molar-refractivity contribution is 0.103. The van der Waals surface area contributed by atoms with Crippen LogP contribution in [-0.4, -0.2) is 53.4 Å². The highest BCUT2D eigenvalue weighted by Gasteiger charge is 2.20. The fraction of sp³-hybridized carbons (Fsp3) is 0.368. The number of rotatable bonds is 5. The van der Waals surface area contributed by atoms with E-state index < -0.39 is 0 Å². The van der Waals surface area contributed by atoms with Gasteiger partial charge in [-0.05, 0) is 41.1 Å². The largest absolute Gasteiger partial charge is 0.354 e. The van der Waals surface area contributed by atoms with E-state index in [2.05, 4.69) is 41.8 Å². The van der Waals surface area contributed by atoms with Crippen LogP contribution in [0, 0.1) is 18.3 Å². The van der Waals surface area contributed by atoms with Crippen LogP contribution in [0.5, 0.6) is 0 Å². The number of pyridine rings is 2. The van der Waals surface area contributed by atoms with Gasteiger partial charge in [-0.1, -0.05) is 6.07 Å². The van der Waals surface area contributed by atoms with Crippen molar-refractivity contribution in [3.8, 4) is 6.07 Å². The molecule has 26 heavy (non-hydrogen) atoms. The molecule has 6 nitrogen and oxygen atoms in total. The van der Waals surface area contributed by atoms with Gasteiger partial charge in [0.05, 0.1) is 6.07 Å². The summed E-state index contributed by atoms with van der Waals surface area (Å²) in [4.78, 5) is 26.1. The van der Waals surface area contributed by atoms with Crippen LogP contribution in [0.4, 0.5) is 5.82 Å². The molecule has 0 unspecified atom stereocenters. The van der Waals surface area contributed by atoms with Gasteiger partial charge in [-0.2, -0.15) is 5.26 Å². The standard InChI is InChI=1S/C19H20BrN5O.H2/c1-14-16(12-15(20)13-22-14)19(26)17-4-2-5-18(23-17)25-10-8-24(9-11-25)7-3-6-21;/h2,4-5,12-13H,3,7-11H2,1H3;1H. The van der Waals surface area contributed by atoms with E-state index in [1.807, 2.05) is 19.1 Å². The third-order valence-corrected chi connectivity index (χ3v) is 4.93. The van der Waals surface area contributed by atoms with Gasteiger partial charge in [0.1, 0.15) is 11.5 Å². The van der Waals surface area contributed by atoms with Gasteiger partial charge in [0.15, 0.2) is 0 Å². The summed E-state index contributed by atoms with van der Waals surface area (Å²) in [5.74, 6) is 0.696. The number of nitriles is 1. The third kappa shape index (κ3) is 4.26. The normalized spacial score (nSPS) is 14.9. The molecule has 2 aromatic heterocycles. The molecule has 0 saturated carbocycles. The Morgan fingerprint density at radius 1 is 1.35 bits per heavy atom. The van der Waals surface area contributed by atoms with Gasteiger partial charge in [0, 0.05) is 62.5 Å². The second kappa shape index (κ2) is 8.39. The van der Waals surface area contributed by atoms with E-state index in [0.29, 0.717) is 23.4 Å². The van der Waals surface area contributed by atoms with Crippen LogP contribution in [-0.2, 0) is 0 Å². The molecule has 1 fully saturated rings.